The number of benzene rings is 1. The zero-order valence-electron chi connectivity index (χ0n) is 13.1. The fourth-order valence-corrected chi connectivity index (χ4v) is 4.68. The molecule has 3 nitrogen and oxygen atoms in total. The summed E-state index contributed by atoms with van der Waals surface area (Å²) in [5.74, 6) is 0. The Bertz CT molecular complexity index is 582. The van der Waals surface area contributed by atoms with E-state index in [1.54, 1.807) is 10.4 Å². The van der Waals surface area contributed by atoms with Gasteiger partial charge in [-0.1, -0.05) is 42.7 Å². The van der Waals surface area contributed by atoms with E-state index < -0.39 is 10.0 Å². The standard InChI is InChI=1S/C17H25NO2S/c1-14(2)18(17-6-4-5-7-17)21(19,20)13-12-16-10-8-15(3)9-11-16/h8-14,17H,4-7H2,1-3H3/b13-12+. The van der Waals surface area contributed by atoms with Crippen molar-refractivity contribution in [1.82, 2.24) is 4.31 Å². The maximum Gasteiger partial charge on any atom is 0.236 e. The molecular weight excluding hydrogens is 282 g/mol. The SMILES string of the molecule is Cc1ccc(/C=C/S(=O)(=O)N(C(C)C)C2CCCC2)cc1. The molecule has 0 N–H and O–H groups in total. The largest absolute Gasteiger partial charge is 0.236 e. The normalized spacial score (nSPS) is 17.4. The van der Waals surface area contributed by atoms with Crippen LogP contribution in [-0.2, 0) is 10.0 Å². The number of hydrogen-bond acceptors (Lipinski definition) is 2. The summed E-state index contributed by atoms with van der Waals surface area (Å²) in [5, 5.41) is 1.36. The minimum atomic E-state index is -3.36. The average molecular weight is 307 g/mol. The predicted octanol–water partition coefficient (Wildman–Crippen LogP) is 3.95. The van der Waals surface area contributed by atoms with Crippen LogP contribution in [0.3, 0.4) is 0 Å². The maximum absolute atomic E-state index is 12.6. The van der Waals surface area contributed by atoms with E-state index in [2.05, 4.69) is 0 Å². The van der Waals surface area contributed by atoms with Crippen LogP contribution in [0.15, 0.2) is 29.7 Å². The molecule has 1 aliphatic carbocycles. The molecule has 0 saturated heterocycles. The van der Waals surface area contributed by atoms with Crippen molar-refractivity contribution in [3.8, 4) is 0 Å². The summed E-state index contributed by atoms with van der Waals surface area (Å²) >= 11 is 0. The molecule has 0 amide bonds. The highest BCUT2D eigenvalue weighted by molar-refractivity contribution is 7.92. The zero-order chi connectivity index (χ0) is 15.5. The van der Waals surface area contributed by atoms with Gasteiger partial charge in [0.25, 0.3) is 0 Å². The van der Waals surface area contributed by atoms with Crippen LogP contribution >= 0.6 is 0 Å². The highest BCUT2D eigenvalue weighted by Crippen LogP contribution is 2.28. The minimum Gasteiger partial charge on any atom is -0.207 e. The van der Waals surface area contributed by atoms with E-state index in [-0.39, 0.29) is 12.1 Å². The molecule has 0 aliphatic heterocycles. The number of nitrogens with zero attached hydrogens (tertiary/aromatic N) is 1. The topological polar surface area (TPSA) is 37.4 Å². The Morgan fingerprint density at radius 1 is 1.14 bits per heavy atom. The van der Waals surface area contributed by atoms with Crippen molar-refractivity contribution in [2.45, 2.75) is 58.5 Å². The van der Waals surface area contributed by atoms with Gasteiger partial charge in [0.15, 0.2) is 0 Å². The minimum absolute atomic E-state index is 0.000711. The number of sulfonamides is 1. The fraction of sp³-hybridized carbons (Fsp3) is 0.529. The fourth-order valence-electron chi connectivity index (χ4n) is 2.99. The van der Waals surface area contributed by atoms with Crippen molar-refractivity contribution in [2.75, 3.05) is 0 Å². The number of rotatable bonds is 5. The first-order chi connectivity index (χ1) is 9.90. The van der Waals surface area contributed by atoms with Crippen molar-refractivity contribution in [1.29, 1.82) is 0 Å². The van der Waals surface area contributed by atoms with E-state index in [0.717, 1.165) is 31.2 Å². The molecule has 4 heteroatoms. The van der Waals surface area contributed by atoms with Gasteiger partial charge in [-0.3, -0.25) is 0 Å². The molecule has 0 atom stereocenters. The van der Waals surface area contributed by atoms with Crippen molar-refractivity contribution in [3.63, 3.8) is 0 Å². The first-order valence-electron chi connectivity index (χ1n) is 7.68. The Kier molecular flexibility index (Phi) is 5.22. The molecule has 0 unspecified atom stereocenters. The van der Waals surface area contributed by atoms with Gasteiger partial charge >= 0.3 is 0 Å². The third-order valence-electron chi connectivity index (χ3n) is 4.00. The lowest BCUT2D eigenvalue weighted by Gasteiger charge is -2.30. The molecule has 0 spiro atoms. The van der Waals surface area contributed by atoms with Crippen LogP contribution in [0.25, 0.3) is 6.08 Å². The van der Waals surface area contributed by atoms with E-state index in [0.29, 0.717) is 0 Å². The molecule has 1 aliphatic rings. The van der Waals surface area contributed by atoms with Crippen molar-refractivity contribution < 1.29 is 8.42 Å². The number of aryl methyl sites for hydroxylation is 1. The van der Waals surface area contributed by atoms with E-state index in [1.165, 1.54) is 11.0 Å². The van der Waals surface area contributed by atoms with Gasteiger partial charge < -0.3 is 0 Å². The molecule has 0 heterocycles. The lowest BCUT2D eigenvalue weighted by atomic mass is 10.2. The molecular formula is C17H25NO2S. The Balaban J connectivity index is 2.20. The molecule has 116 valence electrons. The summed E-state index contributed by atoms with van der Waals surface area (Å²) in [5.41, 5.74) is 2.09. The van der Waals surface area contributed by atoms with Crippen LogP contribution in [0.2, 0.25) is 0 Å². The van der Waals surface area contributed by atoms with Crippen molar-refractivity contribution in [2.24, 2.45) is 0 Å². The van der Waals surface area contributed by atoms with Gasteiger partial charge in [0.2, 0.25) is 10.0 Å². The van der Waals surface area contributed by atoms with Gasteiger partial charge in [-0.25, -0.2) is 8.42 Å². The van der Waals surface area contributed by atoms with Crippen LogP contribution in [0.4, 0.5) is 0 Å². The monoisotopic (exact) mass is 307 g/mol. The molecule has 0 bridgehead atoms. The molecule has 0 radical (unpaired) electrons. The predicted molar refractivity (Wildman–Crippen MR) is 88.4 cm³/mol. The highest BCUT2D eigenvalue weighted by atomic mass is 32.2. The quantitative estimate of drug-likeness (QED) is 0.826. The molecule has 0 aromatic heterocycles. The first-order valence-corrected chi connectivity index (χ1v) is 9.19. The van der Waals surface area contributed by atoms with Gasteiger partial charge in [0.1, 0.15) is 0 Å². The van der Waals surface area contributed by atoms with Gasteiger partial charge in [-0.05, 0) is 45.3 Å². The van der Waals surface area contributed by atoms with Crippen LogP contribution < -0.4 is 0 Å². The molecule has 21 heavy (non-hydrogen) atoms. The van der Waals surface area contributed by atoms with Crippen LogP contribution in [-0.4, -0.2) is 24.8 Å². The molecule has 1 fully saturated rings. The van der Waals surface area contributed by atoms with Crippen molar-refractivity contribution in [3.05, 3.63) is 40.8 Å². The summed E-state index contributed by atoms with van der Waals surface area (Å²) in [4.78, 5) is 0. The summed E-state index contributed by atoms with van der Waals surface area (Å²) in [6, 6.07) is 8.03. The smallest absolute Gasteiger partial charge is 0.207 e. The molecule has 1 saturated carbocycles. The second kappa shape index (κ2) is 6.75. The Morgan fingerprint density at radius 3 is 2.24 bits per heavy atom. The lowest BCUT2D eigenvalue weighted by molar-refractivity contribution is 0.279. The van der Waals surface area contributed by atoms with Gasteiger partial charge in [-0.15, -0.1) is 0 Å². The molecule has 1 aromatic rings. The van der Waals surface area contributed by atoms with E-state index in [1.807, 2.05) is 45.0 Å². The summed E-state index contributed by atoms with van der Waals surface area (Å²) in [6.07, 6.45) is 5.92. The van der Waals surface area contributed by atoms with Crippen molar-refractivity contribution >= 4 is 16.1 Å². The maximum atomic E-state index is 12.6. The average Bonchev–Trinajstić information content (AvgIpc) is 2.91. The van der Waals surface area contributed by atoms with Crippen LogP contribution in [0, 0.1) is 6.92 Å². The zero-order valence-corrected chi connectivity index (χ0v) is 13.9. The highest BCUT2D eigenvalue weighted by Gasteiger charge is 2.32. The Hall–Kier alpha value is -1.13. The Labute approximate surface area is 128 Å². The first kappa shape index (κ1) is 16.2. The van der Waals surface area contributed by atoms with Gasteiger partial charge in [-0.2, -0.15) is 4.31 Å². The third-order valence-corrected chi connectivity index (χ3v) is 5.78. The van der Waals surface area contributed by atoms with E-state index in [4.69, 9.17) is 0 Å². The molecule has 2 rings (SSSR count). The van der Waals surface area contributed by atoms with Gasteiger partial charge in [0.05, 0.1) is 0 Å². The number of hydrogen-bond donors (Lipinski definition) is 0. The van der Waals surface area contributed by atoms with E-state index in [9.17, 15) is 8.42 Å². The second-order valence-electron chi connectivity index (χ2n) is 6.12. The molecule has 1 aromatic carbocycles. The summed E-state index contributed by atoms with van der Waals surface area (Å²) < 4.78 is 27.0. The Morgan fingerprint density at radius 2 is 1.71 bits per heavy atom. The second-order valence-corrected chi connectivity index (χ2v) is 7.84. The van der Waals surface area contributed by atoms with Crippen LogP contribution in [0.5, 0.6) is 0 Å². The van der Waals surface area contributed by atoms with Crippen LogP contribution in [0.1, 0.15) is 50.7 Å². The third kappa shape index (κ3) is 4.17. The summed E-state index contributed by atoms with van der Waals surface area (Å²) in [6.45, 7) is 5.93. The summed E-state index contributed by atoms with van der Waals surface area (Å²) in [7, 11) is -3.36. The van der Waals surface area contributed by atoms with Gasteiger partial charge in [0, 0.05) is 17.5 Å². The lowest BCUT2D eigenvalue weighted by Crippen LogP contribution is -2.42. The van der Waals surface area contributed by atoms with E-state index >= 15 is 0 Å².